The third-order valence-corrected chi connectivity index (χ3v) is 5.90. The van der Waals surface area contributed by atoms with Crippen LogP contribution in [0.2, 0.25) is 5.02 Å². The molecule has 0 N–H and O–H groups in total. The molecule has 4 rings (SSSR count). The summed E-state index contributed by atoms with van der Waals surface area (Å²) in [5.41, 5.74) is 3.24. The highest BCUT2D eigenvalue weighted by molar-refractivity contribution is 9.10. The molecule has 0 aliphatic heterocycles. The maximum absolute atomic E-state index is 11.7. The molecule has 5 nitrogen and oxygen atoms in total. The second kappa shape index (κ2) is 8.79. The lowest BCUT2D eigenvalue weighted by Gasteiger charge is -2.07. The van der Waals surface area contributed by atoms with Gasteiger partial charge in [-0.05, 0) is 36.4 Å². The van der Waals surface area contributed by atoms with Crippen molar-refractivity contribution in [3.8, 4) is 22.5 Å². The first-order chi connectivity index (χ1) is 14.5. The molecule has 2 heterocycles. The number of hydrogen-bond acceptors (Lipinski definition) is 4. The lowest BCUT2D eigenvalue weighted by atomic mass is 10.1. The first kappa shape index (κ1) is 20.9. The number of halogens is 3. The second-order valence-electron chi connectivity index (χ2n) is 6.44. The summed E-state index contributed by atoms with van der Waals surface area (Å²) in [6, 6.07) is 18.9. The Kier molecular flexibility index (Phi) is 6.13. The van der Waals surface area contributed by atoms with E-state index in [1.54, 1.807) is 16.8 Å². The molecule has 30 heavy (non-hydrogen) atoms. The molecule has 0 saturated heterocycles. The van der Waals surface area contributed by atoms with E-state index in [1.165, 1.54) is 7.11 Å². The van der Waals surface area contributed by atoms with Crippen molar-refractivity contribution in [1.29, 1.82) is 0 Å². The number of carbonyl (C=O) groups excluding carboxylic acids is 1. The third kappa shape index (κ3) is 4.24. The molecule has 2 aromatic heterocycles. The Bertz CT molecular complexity index is 1200. The van der Waals surface area contributed by atoms with Gasteiger partial charge in [-0.15, -0.1) is 0 Å². The number of esters is 1. The summed E-state index contributed by atoms with van der Waals surface area (Å²) in [5, 5.41) is 5.30. The van der Waals surface area contributed by atoms with Crippen LogP contribution in [-0.2, 0) is 11.3 Å². The molecule has 0 aliphatic carbocycles. The van der Waals surface area contributed by atoms with Crippen molar-refractivity contribution in [3.05, 3.63) is 86.2 Å². The van der Waals surface area contributed by atoms with Gasteiger partial charge in [0.05, 0.1) is 24.4 Å². The number of hydrogen-bond donors (Lipinski definition) is 0. The van der Waals surface area contributed by atoms with Crippen LogP contribution in [0.4, 0.5) is 0 Å². The Morgan fingerprint density at radius 2 is 1.60 bits per heavy atom. The van der Waals surface area contributed by atoms with Gasteiger partial charge in [0, 0.05) is 20.1 Å². The monoisotopic (exact) mass is 548 g/mol. The number of methoxy groups -OCH3 is 1. The molecule has 0 saturated carbocycles. The first-order valence-electron chi connectivity index (χ1n) is 8.91. The Hall–Kier alpha value is -2.35. The van der Waals surface area contributed by atoms with Crippen LogP contribution < -0.4 is 0 Å². The first-order valence-corrected chi connectivity index (χ1v) is 10.9. The summed E-state index contributed by atoms with van der Waals surface area (Å²) in [7, 11) is 1.31. The number of benzene rings is 2. The van der Waals surface area contributed by atoms with Crippen LogP contribution in [0.25, 0.3) is 22.5 Å². The minimum absolute atomic E-state index is 0.143. The predicted molar refractivity (Wildman–Crippen MR) is 123 cm³/mol. The minimum Gasteiger partial charge on any atom is -0.463 e. The van der Waals surface area contributed by atoms with E-state index in [9.17, 15) is 4.79 Å². The second-order valence-corrected chi connectivity index (χ2v) is 8.65. The van der Waals surface area contributed by atoms with Gasteiger partial charge in [0.15, 0.2) is 0 Å². The molecule has 4 aromatic rings. The maximum Gasteiger partial charge on any atom is 0.373 e. The molecular weight excluding hydrogens is 536 g/mol. The standard InChI is InChI=1S/C22H15Br2ClN2O3/c1-29-22(28)18-11-10-17(30-18)12-27-21(14-4-8-16(24)9-5-14)19(25)20(26-27)13-2-6-15(23)7-3-13/h2-11H,12H2,1H3. The van der Waals surface area contributed by atoms with Crippen LogP contribution in [0.5, 0.6) is 0 Å². The van der Waals surface area contributed by atoms with Gasteiger partial charge in [-0.3, -0.25) is 4.68 Å². The predicted octanol–water partition coefficient (Wildman–Crippen LogP) is 6.82. The summed E-state index contributed by atoms with van der Waals surface area (Å²) >= 11 is 13.7. The quantitative estimate of drug-likeness (QED) is 0.256. The van der Waals surface area contributed by atoms with Crippen molar-refractivity contribution >= 4 is 49.4 Å². The zero-order chi connectivity index (χ0) is 21.3. The van der Waals surface area contributed by atoms with Crippen LogP contribution in [-0.4, -0.2) is 22.9 Å². The fraction of sp³-hybridized carbons (Fsp3) is 0.0909. The number of rotatable bonds is 5. The Morgan fingerprint density at radius 1 is 1.00 bits per heavy atom. The van der Waals surface area contributed by atoms with E-state index >= 15 is 0 Å². The number of nitrogens with zero attached hydrogens (tertiary/aromatic N) is 2. The topological polar surface area (TPSA) is 57.3 Å². The maximum atomic E-state index is 11.7. The summed E-state index contributed by atoms with van der Waals surface area (Å²) in [4.78, 5) is 11.7. The van der Waals surface area contributed by atoms with E-state index in [-0.39, 0.29) is 5.76 Å². The number of furan rings is 1. The highest BCUT2D eigenvalue weighted by atomic mass is 79.9. The van der Waals surface area contributed by atoms with Crippen LogP contribution >= 0.6 is 43.5 Å². The van der Waals surface area contributed by atoms with Crippen molar-refractivity contribution in [1.82, 2.24) is 9.78 Å². The van der Waals surface area contributed by atoms with Crippen LogP contribution in [0, 0.1) is 0 Å². The molecule has 0 radical (unpaired) electrons. The number of aromatic nitrogens is 2. The summed E-state index contributed by atoms with van der Waals surface area (Å²) in [5.74, 6) is 0.183. The normalized spacial score (nSPS) is 10.9. The highest BCUT2D eigenvalue weighted by Gasteiger charge is 2.21. The van der Waals surface area contributed by atoms with E-state index in [1.807, 2.05) is 48.5 Å². The van der Waals surface area contributed by atoms with Gasteiger partial charge in [0.25, 0.3) is 0 Å². The smallest absolute Gasteiger partial charge is 0.373 e. The number of carbonyl (C=O) groups is 1. The molecule has 0 amide bonds. The van der Waals surface area contributed by atoms with Gasteiger partial charge in [-0.25, -0.2) is 4.79 Å². The van der Waals surface area contributed by atoms with E-state index in [4.69, 9.17) is 25.9 Å². The van der Waals surface area contributed by atoms with E-state index in [0.29, 0.717) is 23.0 Å². The van der Waals surface area contributed by atoms with Crippen molar-refractivity contribution in [2.24, 2.45) is 0 Å². The number of ether oxygens (including phenoxy) is 1. The molecule has 0 fully saturated rings. The molecule has 0 unspecified atom stereocenters. The average molecular weight is 551 g/mol. The van der Waals surface area contributed by atoms with Gasteiger partial charge >= 0.3 is 5.97 Å². The fourth-order valence-electron chi connectivity index (χ4n) is 3.05. The molecule has 0 bridgehead atoms. The van der Waals surface area contributed by atoms with Crippen LogP contribution in [0.3, 0.4) is 0 Å². The van der Waals surface area contributed by atoms with Crippen molar-refractivity contribution in [2.75, 3.05) is 7.11 Å². The zero-order valence-corrected chi connectivity index (χ0v) is 19.7. The van der Waals surface area contributed by atoms with E-state index in [2.05, 4.69) is 31.9 Å². The van der Waals surface area contributed by atoms with Gasteiger partial charge in [-0.2, -0.15) is 5.10 Å². The van der Waals surface area contributed by atoms with Crippen LogP contribution in [0.1, 0.15) is 16.3 Å². The lowest BCUT2D eigenvalue weighted by Crippen LogP contribution is -2.04. The van der Waals surface area contributed by atoms with E-state index < -0.39 is 5.97 Å². The van der Waals surface area contributed by atoms with Crippen LogP contribution in [0.15, 0.2) is 74.0 Å². The summed E-state index contributed by atoms with van der Waals surface area (Å²) < 4.78 is 14.1. The lowest BCUT2D eigenvalue weighted by molar-refractivity contribution is 0.0563. The van der Waals surface area contributed by atoms with Gasteiger partial charge in [0.1, 0.15) is 11.5 Å². The molecule has 0 atom stereocenters. The third-order valence-electron chi connectivity index (χ3n) is 4.48. The van der Waals surface area contributed by atoms with Crippen molar-refractivity contribution in [3.63, 3.8) is 0 Å². The van der Waals surface area contributed by atoms with Crippen molar-refractivity contribution in [2.45, 2.75) is 6.54 Å². The minimum atomic E-state index is -0.525. The molecule has 2 aromatic carbocycles. The van der Waals surface area contributed by atoms with Gasteiger partial charge in [0.2, 0.25) is 5.76 Å². The Labute approximate surface area is 194 Å². The average Bonchev–Trinajstić information content (AvgIpc) is 3.34. The highest BCUT2D eigenvalue weighted by Crippen LogP contribution is 2.37. The van der Waals surface area contributed by atoms with Gasteiger partial charge in [-0.1, -0.05) is 67.7 Å². The molecule has 152 valence electrons. The molecule has 0 aliphatic rings. The Balaban J connectivity index is 1.80. The molecular formula is C22H15Br2ClN2O3. The van der Waals surface area contributed by atoms with E-state index in [0.717, 1.165) is 25.8 Å². The van der Waals surface area contributed by atoms with Gasteiger partial charge < -0.3 is 9.15 Å². The largest absolute Gasteiger partial charge is 0.463 e. The zero-order valence-electron chi connectivity index (χ0n) is 15.7. The van der Waals surface area contributed by atoms with Crippen molar-refractivity contribution < 1.29 is 13.9 Å². The Morgan fingerprint density at radius 3 is 2.20 bits per heavy atom. The molecule has 8 heteroatoms. The SMILES string of the molecule is COC(=O)c1ccc(Cn2nc(-c3ccc(Br)cc3)c(Cl)c2-c2ccc(Br)cc2)o1. The summed E-state index contributed by atoms with van der Waals surface area (Å²) in [6.45, 7) is 0.304. The molecule has 0 spiro atoms. The summed E-state index contributed by atoms with van der Waals surface area (Å²) in [6.07, 6.45) is 0. The fourth-order valence-corrected chi connectivity index (χ4v) is 3.93.